The zero-order valence-electron chi connectivity index (χ0n) is 11.9. The Balaban J connectivity index is 1.99. The maximum absolute atomic E-state index is 11.8. The average molecular weight is 297 g/mol. The fourth-order valence-corrected chi connectivity index (χ4v) is 1.82. The first-order chi connectivity index (χ1) is 10.5. The van der Waals surface area contributed by atoms with E-state index in [1.54, 1.807) is 18.2 Å². The number of hydrogen-bond acceptors (Lipinski definition) is 3. The molecule has 0 aliphatic heterocycles. The van der Waals surface area contributed by atoms with Gasteiger partial charge < -0.3 is 16.4 Å². The number of carbonyl (C=O) groups is 3. The molecule has 0 aliphatic carbocycles. The van der Waals surface area contributed by atoms with Crippen molar-refractivity contribution in [3.63, 3.8) is 0 Å². The molecule has 0 bridgehead atoms. The minimum atomic E-state index is -0.798. The monoisotopic (exact) mass is 297 g/mol. The number of primary amides is 1. The second-order valence-electron chi connectivity index (χ2n) is 4.72. The number of rotatable bonds is 3. The van der Waals surface area contributed by atoms with E-state index in [-0.39, 0.29) is 0 Å². The molecule has 0 saturated heterocycles. The molecule has 0 radical (unpaired) electrons. The summed E-state index contributed by atoms with van der Waals surface area (Å²) in [6, 6.07) is 13.1. The summed E-state index contributed by atoms with van der Waals surface area (Å²) < 4.78 is 0. The Kier molecular flexibility index (Phi) is 4.53. The van der Waals surface area contributed by atoms with Gasteiger partial charge in [-0.25, -0.2) is 0 Å². The number of hydrogen-bond donors (Lipinski definition) is 3. The molecule has 6 heteroatoms. The Hall–Kier alpha value is -3.15. The van der Waals surface area contributed by atoms with E-state index >= 15 is 0 Å². The van der Waals surface area contributed by atoms with Crippen molar-refractivity contribution < 1.29 is 14.4 Å². The first-order valence-electron chi connectivity index (χ1n) is 6.54. The number of carbonyl (C=O) groups excluding carboxylic acids is 3. The Labute approximate surface area is 127 Å². The highest BCUT2D eigenvalue weighted by Gasteiger charge is 2.14. The van der Waals surface area contributed by atoms with E-state index in [2.05, 4.69) is 10.6 Å². The molecule has 0 heterocycles. The van der Waals surface area contributed by atoms with Crippen LogP contribution in [0.25, 0.3) is 0 Å². The van der Waals surface area contributed by atoms with E-state index in [9.17, 15) is 14.4 Å². The molecule has 0 aromatic heterocycles. The van der Waals surface area contributed by atoms with Gasteiger partial charge in [0.05, 0.1) is 0 Å². The number of benzene rings is 2. The second kappa shape index (κ2) is 6.53. The van der Waals surface area contributed by atoms with E-state index in [1.165, 1.54) is 24.3 Å². The zero-order valence-corrected chi connectivity index (χ0v) is 11.9. The topological polar surface area (TPSA) is 101 Å². The van der Waals surface area contributed by atoms with Crippen LogP contribution in [0.1, 0.15) is 15.9 Å². The molecule has 0 unspecified atom stereocenters. The number of aryl methyl sites for hydroxylation is 1. The van der Waals surface area contributed by atoms with Crippen LogP contribution in [0, 0.1) is 6.92 Å². The fraction of sp³-hybridized carbons (Fsp3) is 0.0625. The highest BCUT2D eigenvalue weighted by molar-refractivity contribution is 6.43. The molecular formula is C16H15N3O3. The third-order valence-corrected chi connectivity index (χ3v) is 2.91. The SMILES string of the molecule is Cc1cccc(NC(=O)C(=O)Nc2ccc(C(N)=O)cc2)c1. The molecule has 6 nitrogen and oxygen atoms in total. The molecule has 0 spiro atoms. The lowest BCUT2D eigenvalue weighted by Crippen LogP contribution is -2.29. The summed E-state index contributed by atoms with van der Waals surface area (Å²) in [6.45, 7) is 1.88. The predicted molar refractivity (Wildman–Crippen MR) is 83.4 cm³/mol. The van der Waals surface area contributed by atoms with E-state index in [0.29, 0.717) is 16.9 Å². The van der Waals surface area contributed by atoms with Gasteiger partial charge >= 0.3 is 11.8 Å². The van der Waals surface area contributed by atoms with Gasteiger partial charge in [0.2, 0.25) is 5.91 Å². The van der Waals surface area contributed by atoms with Crippen LogP contribution in [0.15, 0.2) is 48.5 Å². The van der Waals surface area contributed by atoms with Gasteiger partial charge in [-0.1, -0.05) is 12.1 Å². The molecular weight excluding hydrogens is 282 g/mol. The quantitative estimate of drug-likeness (QED) is 0.751. The second-order valence-corrected chi connectivity index (χ2v) is 4.72. The molecule has 112 valence electrons. The summed E-state index contributed by atoms with van der Waals surface area (Å²) in [4.78, 5) is 34.6. The van der Waals surface area contributed by atoms with Crippen LogP contribution in [0.4, 0.5) is 11.4 Å². The number of nitrogens with one attached hydrogen (secondary N) is 2. The van der Waals surface area contributed by atoms with E-state index in [4.69, 9.17) is 5.73 Å². The van der Waals surface area contributed by atoms with Gasteiger partial charge in [-0.3, -0.25) is 14.4 Å². The van der Waals surface area contributed by atoms with Crippen molar-refractivity contribution in [1.29, 1.82) is 0 Å². The molecule has 0 saturated carbocycles. The lowest BCUT2D eigenvalue weighted by Gasteiger charge is -2.07. The summed E-state index contributed by atoms with van der Waals surface area (Å²) in [5.74, 6) is -2.13. The number of nitrogens with two attached hydrogens (primary N) is 1. The molecule has 2 aromatic rings. The van der Waals surface area contributed by atoms with Crippen molar-refractivity contribution in [2.45, 2.75) is 6.92 Å². The molecule has 0 atom stereocenters. The van der Waals surface area contributed by atoms with Crippen molar-refractivity contribution in [2.24, 2.45) is 5.73 Å². The summed E-state index contributed by atoms with van der Waals surface area (Å²) in [6.07, 6.45) is 0. The van der Waals surface area contributed by atoms with Crippen LogP contribution in [-0.2, 0) is 9.59 Å². The van der Waals surface area contributed by atoms with Crippen LogP contribution in [0.3, 0.4) is 0 Å². The molecule has 0 fully saturated rings. The van der Waals surface area contributed by atoms with Crippen LogP contribution < -0.4 is 16.4 Å². The average Bonchev–Trinajstić information content (AvgIpc) is 2.47. The maximum Gasteiger partial charge on any atom is 0.314 e. The van der Waals surface area contributed by atoms with Crippen LogP contribution in [-0.4, -0.2) is 17.7 Å². The summed E-state index contributed by atoms with van der Waals surface area (Å²) in [7, 11) is 0. The molecule has 22 heavy (non-hydrogen) atoms. The highest BCUT2D eigenvalue weighted by atomic mass is 16.2. The van der Waals surface area contributed by atoms with Gasteiger partial charge in [0.25, 0.3) is 0 Å². The highest BCUT2D eigenvalue weighted by Crippen LogP contribution is 2.11. The van der Waals surface area contributed by atoms with E-state index in [0.717, 1.165) is 5.56 Å². The lowest BCUT2D eigenvalue weighted by atomic mass is 10.2. The number of anilines is 2. The third-order valence-electron chi connectivity index (χ3n) is 2.91. The van der Waals surface area contributed by atoms with Gasteiger partial charge in [-0.15, -0.1) is 0 Å². The molecule has 4 N–H and O–H groups in total. The van der Waals surface area contributed by atoms with Crippen molar-refractivity contribution in [1.82, 2.24) is 0 Å². The van der Waals surface area contributed by atoms with E-state index in [1.807, 2.05) is 13.0 Å². The van der Waals surface area contributed by atoms with Crippen molar-refractivity contribution in [3.05, 3.63) is 59.7 Å². The lowest BCUT2D eigenvalue weighted by molar-refractivity contribution is -0.132. The minimum absolute atomic E-state index is 0.321. The maximum atomic E-state index is 11.8. The van der Waals surface area contributed by atoms with Gasteiger partial charge in [-0.2, -0.15) is 0 Å². The van der Waals surface area contributed by atoms with Crippen LogP contribution in [0.5, 0.6) is 0 Å². The third kappa shape index (κ3) is 3.92. The molecule has 3 amide bonds. The van der Waals surface area contributed by atoms with Crippen LogP contribution >= 0.6 is 0 Å². The Bertz CT molecular complexity index is 724. The Morgan fingerprint density at radius 1 is 0.864 bits per heavy atom. The molecule has 2 aromatic carbocycles. The van der Waals surface area contributed by atoms with Gasteiger partial charge in [0, 0.05) is 16.9 Å². The van der Waals surface area contributed by atoms with Crippen molar-refractivity contribution >= 4 is 29.1 Å². The largest absolute Gasteiger partial charge is 0.366 e. The Morgan fingerprint density at radius 2 is 1.45 bits per heavy atom. The fourth-order valence-electron chi connectivity index (χ4n) is 1.82. The van der Waals surface area contributed by atoms with Gasteiger partial charge in [0.15, 0.2) is 0 Å². The first-order valence-corrected chi connectivity index (χ1v) is 6.54. The Morgan fingerprint density at radius 3 is 2.00 bits per heavy atom. The smallest absolute Gasteiger partial charge is 0.314 e. The predicted octanol–water partition coefficient (Wildman–Crippen LogP) is 1.67. The summed E-state index contributed by atoms with van der Waals surface area (Å²) >= 11 is 0. The van der Waals surface area contributed by atoms with Gasteiger partial charge in [0.1, 0.15) is 0 Å². The summed E-state index contributed by atoms with van der Waals surface area (Å²) in [5.41, 5.74) is 7.36. The molecule has 0 aliphatic rings. The van der Waals surface area contributed by atoms with Crippen molar-refractivity contribution in [2.75, 3.05) is 10.6 Å². The van der Waals surface area contributed by atoms with E-state index < -0.39 is 17.7 Å². The first kappa shape index (κ1) is 15.2. The number of amides is 3. The normalized spacial score (nSPS) is 9.86. The minimum Gasteiger partial charge on any atom is -0.366 e. The van der Waals surface area contributed by atoms with Crippen molar-refractivity contribution in [3.8, 4) is 0 Å². The summed E-state index contributed by atoms with van der Waals surface area (Å²) in [5, 5.41) is 4.95. The molecule has 2 rings (SSSR count). The standard InChI is InChI=1S/C16H15N3O3/c1-10-3-2-4-13(9-10)19-16(22)15(21)18-12-7-5-11(6-8-12)14(17)20/h2-9H,1H3,(H2,17,20)(H,18,21)(H,19,22). The zero-order chi connectivity index (χ0) is 16.1. The van der Waals surface area contributed by atoms with Crippen LogP contribution in [0.2, 0.25) is 0 Å². The van der Waals surface area contributed by atoms with Gasteiger partial charge in [-0.05, 0) is 48.9 Å².